The second-order valence-electron chi connectivity index (χ2n) is 2.97. The fourth-order valence-corrected chi connectivity index (χ4v) is 1.19. The lowest BCUT2D eigenvalue weighted by Gasteiger charge is -2.09. The molecule has 1 nitrogen and oxygen atoms in total. The molecule has 0 saturated carbocycles. The predicted molar refractivity (Wildman–Crippen MR) is 41.8 cm³/mol. The summed E-state index contributed by atoms with van der Waals surface area (Å²) in [6.07, 6.45) is 8.16. The zero-order chi connectivity index (χ0) is 7.40. The van der Waals surface area contributed by atoms with Crippen LogP contribution in [0, 0.1) is 5.92 Å². The van der Waals surface area contributed by atoms with E-state index in [4.69, 9.17) is 0 Å². The van der Waals surface area contributed by atoms with Crippen LogP contribution in [0.1, 0.15) is 32.6 Å². The Hall–Kier alpha value is -0.590. The van der Waals surface area contributed by atoms with Gasteiger partial charge in [0.05, 0.1) is 0 Å². The molecule has 1 atom stereocenters. The van der Waals surface area contributed by atoms with Crippen molar-refractivity contribution < 1.29 is 4.79 Å². The molecule has 1 aliphatic rings. The van der Waals surface area contributed by atoms with Gasteiger partial charge in [-0.2, -0.15) is 0 Å². The van der Waals surface area contributed by atoms with Crippen molar-refractivity contribution in [2.24, 2.45) is 5.92 Å². The highest BCUT2D eigenvalue weighted by Gasteiger charge is 2.11. The van der Waals surface area contributed by atoms with Gasteiger partial charge in [-0.25, -0.2) is 0 Å². The molecule has 0 bridgehead atoms. The number of rotatable bonds is 0. The highest BCUT2D eigenvalue weighted by atomic mass is 16.1. The largest absolute Gasteiger partial charge is 0.299 e. The Morgan fingerprint density at radius 2 is 2.30 bits per heavy atom. The molecule has 10 heavy (non-hydrogen) atoms. The van der Waals surface area contributed by atoms with E-state index in [-0.39, 0.29) is 5.92 Å². The van der Waals surface area contributed by atoms with E-state index < -0.39 is 0 Å². The SMILES string of the molecule is CC1C/C=C\CCCC1=O. The van der Waals surface area contributed by atoms with E-state index in [0.29, 0.717) is 5.78 Å². The van der Waals surface area contributed by atoms with Crippen LogP contribution in [0.2, 0.25) is 0 Å². The van der Waals surface area contributed by atoms with E-state index in [0.717, 1.165) is 25.7 Å². The molecule has 0 aromatic heterocycles. The third kappa shape index (κ3) is 1.98. The number of Topliss-reactive ketones (excluding diaryl/α,β-unsaturated/α-hetero) is 1. The third-order valence-electron chi connectivity index (χ3n) is 2.00. The van der Waals surface area contributed by atoms with Gasteiger partial charge in [0.15, 0.2) is 0 Å². The Morgan fingerprint density at radius 3 is 3.10 bits per heavy atom. The zero-order valence-corrected chi connectivity index (χ0v) is 6.47. The van der Waals surface area contributed by atoms with Crippen molar-refractivity contribution in [3.63, 3.8) is 0 Å². The first-order valence-electron chi connectivity index (χ1n) is 3.98. The van der Waals surface area contributed by atoms with Crippen molar-refractivity contribution in [3.8, 4) is 0 Å². The van der Waals surface area contributed by atoms with Crippen molar-refractivity contribution in [3.05, 3.63) is 12.2 Å². The molecule has 1 unspecified atom stereocenters. The van der Waals surface area contributed by atoms with Crippen LogP contribution in [0.3, 0.4) is 0 Å². The summed E-state index contributed by atoms with van der Waals surface area (Å²) in [5.74, 6) is 0.695. The monoisotopic (exact) mass is 138 g/mol. The van der Waals surface area contributed by atoms with Crippen LogP contribution >= 0.6 is 0 Å². The van der Waals surface area contributed by atoms with E-state index in [1.807, 2.05) is 6.92 Å². The fourth-order valence-electron chi connectivity index (χ4n) is 1.19. The van der Waals surface area contributed by atoms with Crippen LogP contribution < -0.4 is 0 Å². The van der Waals surface area contributed by atoms with Crippen molar-refractivity contribution >= 4 is 5.78 Å². The molecule has 1 heteroatoms. The average molecular weight is 138 g/mol. The first-order chi connectivity index (χ1) is 4.80. The quantitative estimate of drug-likeness (QED) is 0.469. The van der Waals surface area contributed by atoms with Gasteiger partial charge in [0, 0.05) is 12.3 Å². The number of allylic oxidation sites excluding steroid dienone is 2. The summed E-state index contributed by atoms with van der Waals surface area (Å²) in [4.78, 5) is 11.1. The lowest BCUT2D eigenvalue weighted by atomic mass is 9.95. The molecule has 1 aliphatic carbocycles. The summed E-state index contributed by atoms with van der Waals surface area (Å²) in [5.41, 5.74) is 0. The van der Waals surface area contributed by atoms with E-state index in [9.17, 15) is 4.79 Å². The van der Waals surface area contributed by atoms with Gasteiger partial charge in [-0.3, -0.25) is 4.79 Å². The van der Waals surface area contributed by atoms with Gasteiger partial charge in [0.25, 0.3) is 0 Å². The van der Waals surface area contributed by atoms with E-state index >= 15 is 0 Å². The average Bonchev–Trinajstić information content (AvgIpc) is 1.92. The van der Waals surface area contributed by atoms with Crippen LogP contribution in [0.4, 0.5) is 0 Å². The third-order valence-corrected chi connectivity index (χ3v) is 2.00. The van der Waals surface area contributed by atoms with E-state index in [1.54, 1.807) is 0 Å². The molecule has 0 spiro atoms. The van der Waals surface area contributed by atoms with Crippen LogP contribution in [0.5, 0.6) is 0 Å². The highest BCUT2D eigenvalue weighted by molar-refractivity contribution is 5.80. The minimum atomic E-state index is 0.261. The molecule has 0 aromatic rings. The maximum Gasteiger partial charge on any atom is 0.136 e. The summed E-state index contributed by atoms with van der Waals surface area (Å²) in [7, 11) is 0. The normalized spacial score (nSPS) is 30.9. The molecule has 1 rings (SSSR count). The zero-order valence-electron chi connectivity index (χ0n) is 6.47. The first kappa shape index (κ1) is 7.52. The van der Waals surface area contributed by atoms with Gasteiger partial charge in [-0.1, -0.05) is 19.1 Å². The smallest absolute Gasteiger partial charge is 0.136 e. The minimum Gasteiger partial charge on any atom is -0.299 e. The van der Waals surface area contributed by atoms with Gasteiger partial charge in [-0.05, 0) is 19.3 Å². The van der Waals surface area contributed by atoms with Gasteiger partial charge in [0.2, 0.25) is 0 Å². The summed E-state index contributed by atoms with van der Waals surface area (Å²) in [6, 6.07) is 0. The first-order valence-corrected chi connectivity index (χ1v) is 3.98. The molecule has 0 fully saturated rings. The number of carbonyl (C=O) groups is 1. The molecule has 0 amide bonds. The molecule has 56 valence electrons. The molecular weight excluding hydrogens is 124 g/mol. The minimum absolute atomic E-state index is 0.261. The van der Waals surface area contributed by atoms with Crippen LogP contribution in [-0.4, -0.2) is 5.78 Å². The Bertz CT molecular complexity index is 147. The summed E-state index contributed by atoms with van der Waals surface area (Å²) in [5, 5.41) is 0. The maximum atomic E-state index is 11.1. The van der Waals surface area contributed by atoms with Gasteiger partial charge in [-0.15, -0.1) is 0 Å². The second kappa shape index (κ2) is 3.55. The Kier molecular flexibility index (Phi) is 2.67. The number of ketones is 1. The summed E-state index contributed by atoms with van der Waals surface area (Å²) in [6.45, 7) is 2.01. The molecule has 0 radical (unpaired) electrons. The molecule has 0 heterocycles. The topological polar surface area (TPSA) is 17.1 Å². The number of hydrogen-bond acceptors (Lipinski definition) is 1. The van der Waals surface area contributed by atoms with Crippen LogP contribution in [0.15, 0.2) is 12.2 Å². The lowest BCUT2D eigenvalue weighted by molar-refractivity contribution is -0.122. The molecule has 0 aliphatic heterocycles. The Morgan fingerprint density at radius 1 is 1.50 bits per heavy atom. The van der Waals surface area contributed by atoms with Crippen molar-refractivity contribution in [1.82, 2.24) is 0 Å². The number of hydrogen-bond donors (Lipinski definition) is 0. The second-order valence-corrected chi connectivity index (χ2v) is 2.97. The van der Waals surface area contributed by atoms with E-state index in [1.165, 1.54) is 0 Å². The maximum absolute atomic E-state index is 11.1. The standard InChI is InChI=1S/C9H14O/c1-8-6-4-2-3-5-7-9(8)10/h2,4,8H,3,5-7H2,1H3/b4-2-. The Labute approximate surface area is 62.1 Å². The summed E-state index contributed by atoms with van der Waals surface area (Å²) >= 11 is 0. The van der Waals surface area contributed by atoms with Gasteiger partial charge >= 0.3 is 0 Å². The van der Waals surface area contributed by atoms with Gasteiger partial charge in [0.1, 0.15) is 5.78 Å². The fraction of sp³-hybridized carbons (Fsp3) is 0.667. The van der Waals surface area contributed by atoms with Crippen LogP contribution in [0.25, 0.3) is 0 Å². The molecule has 0 saturated heterocycles. The molecular formula is C9H14O. The van der Waals surface area contributed by atoms with Crippen molar-refractivity contribution in [2.75, 3.05) is 0 Å². The van der Waals surface area contributed by atoms with Crippen LogP contribution in [-0.2, 0) is 4.79 Å². The molecule has 0 N–H and O–H groups in total. The highest BCUT2D eigenvalue weighted by Crippen LogP contribution is 2.13. The predicted octanol–water partition coefficient (Wildman–Crippen LogP) is 2.32. The van der Waals surface area contributed by atoms with Crippen molar-refractivity contribution in [1.29, 1.82) is 0 Å². The van der Waals surface area contributed by atoms with Crippen molar-refractivity contribution in [2.45, 2.75) is 32.6 Å². The Balaban J connectivity index is 2.49. The van der Waals surface area contributed by atoms with Gasteiger partial charge < -0.3 is 0 Å². The molecule has 0 aromatic carbocycles. The summed E-state index contributed by atoms with van der Waals surface area (Å²) < 4.78 is 0. The van der Waals surface area contributed by atoms with E-state index in [2.05, 4.69) is 12.2 Å². The number of carbonyl (C=O) groups excluding carboxylic acids is 1. The lowest BCUT2D eigenvalue weighted by Crippen LogP contribution is -2.10.